The van der Waals surface area contributed by atoms with Crippen molar-refractivity contribution in [2.75, 3.05) is 33.3 Å². The topological polar surface area (TPSA) is 32.8 Å². The van der Waals surface area contributed by atoms with E-state index in [2.05, 4.69) is 18.7 Å². The van der Waals surface area contributed by atoms with Gasteiger partial charge in [0.15, 0.2) is 0 Å². The van der Waals surface area contributed by atoms with Crippen LogP contribution in [-0.4, -0.2) is 49.0 Å². The molecule has 0 N–H and O–H groups in total. The van der Waals surface area contributed by atoms with Gasteiger partial charge in [-0.3, -0.25) is 9.69 Å². The van der Waals surface area contributed by atoms with E-state index in [0.29, 0.717) is 12.3 Å². The SMILES string of the molecule is COc1ccc(Cl)cc1CN1CCN(C(=O)CC(C)C)CC1. The van der Waals surface area contributed by atoms with Gasteiger partial charge in [0.1, 0.15) is 5.75 Å². The van der Waals surface area contributed by atoms with Crippen molar-refractivity contribution in [3.63, 3.8) is 0 Å². The molecule has 0 spiro atoms. The zero-order valence-electron chi connectivity index (χ0n) is 13.6. The number of hydrogen-bond acceptors (Lipinski definition) is 3. The largest absolute Gasteiger partial charge is 0.496 e. The predicted octanol–water partition coefficient (Wildman–Crippen LogP) is 3.04. The third-order valence-electron chi connectivity index (χ3n) is 3.94. The monoisotopic (exact) mass is 324 g/mol. The Labute approximate surface area is 138 Å². The van der Waals surface area contributed by atoms with Crippen LogP contribution in [0.25, 0.3) is 0 Å². The summed E-state index contributed by atoms with van der Waals surface area (Å²) in [6, 6.07) is 5.70. The second kappa shape index (κ2) is 7.84. The first-order valence-corrected chi connectivity index (χ1v) is 8.20. The number of halogens is 1. The van der Waals surface area contributed by atoms with E-state index in [1.807, 2.05) is 23.1 Å². The van der Waals surface area contributed by atoms with E-state index >= 15 is 0 Å². The van der Waals surface area contributed by atoms with Gasteiger partial charge in [0.05, 0.1) is 7.11 Å². The van der Waals surface area contributed by atoms with Gasteiger partial charge in [-0.25, -0.2) is 0 Å². The summed E-state index contributed by atoms with van der Waals surface area (Å²) in [6.07, 6.45) is 0.641. The van der Waals surface area contributed by atoms with Crippen LogP contribution in [0.4, 0.5) is 0 Å². The number of piperazine rings is 1. The molecule has 1 amide bonds. The van der Waals surface area contributed by atoms with Crippen LogP contribution < -0.4 is 4.74 Å². The highest BCUT2D eigenvalue weighted by Gasteiger charge is 2.22. The maximum atomic E-state index is 12.1. The molecule has 1 aliphatic rings. The molecule has 1 aromatic carbocycles. The second-order valence-electron chi connectivity index (χ2n) is 6.21. The van der Waals surface area contributed by atoms with Crippen molar-refractivity contribution in [1.82, 2.24) is 9.80 Å². The fraction of sp³-hybridized carbons (Fsp3) is 0.588. The molecule has 22 heavy (non-hydrogen) atoms. The Morgan fingerprint density at radius 1 is 1.27 bits per heavy atom. The third kappa shape index (κ3) is 4.62. The van der Waals surface area contributed by atoms with Gasteiger partial charge in [-0.1, -0.05) is 25.4 Å². The van der Waals surface area contributed by atoms with E-state index < -0.39 is 0 Å². The third-order valence-corrected chi connectivity index (χ3v) is 4.18. The fourth-order valence-electron chi connectivity index (χ4n) is 2.75. The molecule has 0 unspecified atom stereocenters. The summed E-state index contributed by atoms with van der Waals surface area (Å²) in [5, 5.41) is 0.724. The lowest BCUT2D eigenvalue weighted by Gasteiger charge is -2.35. The molecule has 0 bridgehead atoms. The molecule has 0 aliphatic carbocycles. The first-order chi connectivity index (χ1) is 10.5. The highest BCUT2D eigenvalue weighted by Crippen LogP contribution is 2.24. The van der Waals surface area contributed by atoms with Crippen molar-refractivity contribution in [3.8, 4) is 5.75 Å². The van der Waals surface area contributed by atoms with E-state index in [0.717, 1.165) is 49.1 Å². The summed E-state index contributed by atoms with van der Waals surface area (Å²) in [4.78, 5) is 16.4. The number of nitrogens with zero attached hydrogens (tertiary/aromatic N) is 2. The standard InChI is InChI=1S/C17H25ClN2O2/c1-13(2)10-17(21)20-8-6-19(7-9-20)12-14-11-15(18)4-5-16(14)22-3/h4-5,11,13H,6-10,12H2,1-3H3. The minimum Gasteiger partial charge on any atom is -0.496 e. The van der Waals surface area contributed by atoms with Crippen LogP contribution in [0.1, 0.15) is 25.8 Å². The van der Waals surface area contributed by atoms with Gasteiger partial charge in [0.25, 0.3) is 0 Å². The number of rotatable bonds is 5. The van der Waals surface area contributed by atoms with Gasteiger partial charge >= 0.3 is 0 Å². The van der Waals surface area contributed by atoms with Crippen LogP contribution in [0, 0.1) is 5.92 Å². The molecule has 1 saturated heterocycles. The van der Waals surface area contributed by atoms with Crippen LogP contribution >= 0.6 is 11.6 Å². The van der Waals surface area contributed by atoms with Crippen molar-refractivity contribution in [2.45, 2.75) is 26.8 Å². The van der Waals surface area contributed by atoms with Crippen molar-refractivity contribution < 1.29 is 9.53 Å². The maximum absolute atomic E-state index is 12.1. The Morgan fingerprint density at radius 2 is 1.95 bits per heavy atom. The van der Waals surface area contributed by atoms with Crippen molar-refractivity contribution >= 4 is 17.5 Å². The predicted molar refractivity (Wildman–Crippen MR) is 89.3 cm³/mol. The molecule has 5 heteroatoms. The minimum absolute atomic E-state index is 0.273. The number of methoxy groups -OCH3 is 1. The number of hydrogen-bond donors (Lipinski definition) is 0. The first kappa shape index (κ1) is 17.1. The average Bonchev–Trinajstić information content (AvgIpc) is 2.47. The molecular weight excluding hydrogens is 300 g/mol. The van der Waals surface area contributed by atoms with Crippen molar-refractivity contribution in [3.05, 3.63) is 28.8 Å². The Bertz CT molecular complexity index is 511. The summed E-state index contributed by atoms with van der Waals surface area (Å²) in [6.45, 7) is 8.34. The highest BCUT2D eigenvalue weighted by atomic mass is 35.5. The van der Waals surface area contributed by atoms with E-state index in [4.69, 9.17) is 16.3 Å². The molecule has 122 valence electrons. The molecule has 4 nitrogen and oxygen atoms in total. The molecular formula is C17H25ClN2O2. The number of carbonyl (C=O) groups is 1. The van der Waals surface area contributed by atoms with Crippen molar-refractivity contribution in [1.29, 1.82) is 0 Å². The average molecular weight is 325 g/mol. The Balaban J connectivity index is 1.90. The molecule has 1 fully saturated rings. The van der Waals surface area contributed by atoms with Gasteiger partial charge in [-0.15, -0.1) is 0 Å². The van der Waals surface area contributed by atoms with E-state index in [1.54, 1.807) is 7.11 Å². The lowest BCUT2D eigenvalue weighted by molar-refractivity contribution is -0.133. The number of benzene rings is 1. The number of carbonyl (C=O) groups excluding carboxylic acids is 1. The Morgan fingerprint density at radius 3 is 2.55 bits per heavy atom. The summed E-state index contributed by atoms with van der Waals surface area (Å²) in [5.41, 5.74) is 1.09. The quantitative estimate of drug-likeness (QED) is 0.834. The van der Waals surface area contributed by atoms with Gasteiger partial charge in [-0.2, -0.15) is 0 Å². The van der Waals surface area contributed by atoms with Crippen LogP contribution in [0.3, 0.4) is 0 Å². The summed E-state index contributed by atoms with van der Waals surface area (Å²) in [5.74, 6) is 1.55. The fourth-order valence-corrected chi connectivity index (χ4v) is 2.94. The summed E-state index contributed by atoms with van der Waals surface area (Å²) in [7, 11) is 1.68. The molecule has 1 aromatic rings. The first-order valence-electron chi connectivity index (χ1n) is 7.82. The smallest absolute Gasteiger partial charge is 0.222 e. The Kier molecular flexibility index (Phi) is 6.09. The summed E-state index contributed by atoms with van der Waals surface area (Å²) < 4.78 is 5.40. The summed E-state index contributed by atoms with van der Waals surface area (Å²) >= 11 is 6.08. The lowest BCUT2D eigenvalue weighted by atomic mass is 10.1. The van der Waals surface area contributed by atoms with E-state index in [9.17, 15) is 4.79 Å². The van der Waals surface area contributed by atoms with Crippen LogP contribution in [0.15, 0.2) is 18.2 Å². The molecule has 0 atom stereocenters. The lowest BCUT2D eigenvalue weighted by Crippen LogP contribution is -2.48. The van der Waals surface area contributed by atoms with Gasteiger partial charge < -0.3 is 9.64 Å². The second-order valence-corrected chi connectivity index (χ2v) is 6.65. The van der Waals surface area contributed by atoms with Gasteiger partial charge in [0.2, 0.25) is 5.91 Å². The van der Waals surface area contributed by atoms with Crippen LogP contribution in [0.5, 0.6) is 5.75 Å². The molecule has 0 saturated carbocycles. The zero-order chi connectivity index (χ0) is 16.1. The molecule has 0 radical (unpaired) electrons. The minimum atomic E-state index is 0.273. The van der Waals surface area contributed by atoms with Crippen LogP contribution in [0.2, 0.25) is 5.02 Å². The zero-order valence-corrected chi connectivity index (χ0v) is 14.4. The highest BCUT2D eigenvalue weighted by molar-refractivity contribution is 6.30. The van der Waals surface area contributed by atoms with Crippen molar-refractivity contribution in [2.24, 2.45) is 5.92 Å². The van der Waals surface area contributed by atoms with E-state index in [1.165, 1.54) is 0 Å². The van der Waals surface area contributed by atoms with Gasteiger partial charge in [-0.05, 0) is 24.1 Å². The normalized spacial score (nSPS) is 16.1. The molecule has 2 rings (SSSR count). The Hall–Kier alpha value is -1.26. The van der Waals surface area contributed by atoms with Crippen LogP contribution in [-0.2, 0) is 11.3 Å². The number of ether oxygens (including phenoxy) is 1. The molecule has 1 aliphatic heterocycles. The molecule has 0 aromatic heterocycles. The number of amides is 1. The van der Waals surface area contributed by atoms with Gasteiger partial charge in [0, 0.05) is 49.7 Å². The maximum Gasteiger partial charge on any atom is 0.222 e. The molecule has 1 heterocycles. The van der Waals surface area contributed by atoms with E-state index in [-0.39, 0.29) is 5.91 Å².